The number of benzene rings is 1. The van der Waals surface area contributed by atoms with Gasteiger partial charge in [0.25, 0.3) is 5.91 Å². The molecule has 0 aliphatic carbocycles. The zero-order valence-corrected chi connectivity index (χ0v) is 14.6. The number of nitrogens with one attached hydrogen (secondary N) is 1. The molecule has 1 amide bonds. The van der Waals surface area contributed by atoms with Gasteiger partial charge in [-0.1, -0.05) is 24.3 Å². The molecule has 2 aromatic rings. The third kappa shape index (κ3) is 4.45. The summed E-state index contributed by atoms with van der Waals surface area (Å²) in [6.07, 6.45) is 1.21. The van der Waals surface area contributed by atoms with Gasteiger partial charge in [0.05, 0.1) is 11.3 Å². The molecule has 0 fully saturated rings. The third-order valence-corrected chi connectivity index (χ3v) is 4.55. The second-order valence-corrected chi connectivity index (χ2v) is 7.92. The summed E-state index contributed by atoms with van der Waals surface area (Å²) in [4.78, 5) is 12.3. The van der Waals surface area contributed by atoms with Crippen LogP contribution in [0, 0.1) is 20.8 Å². The van der Waals surface area contributed by atoms with Crippen LogP contribution in [0.4, 0.5) is 0 Å². The predicted molar refractivity (Wildman–Crippen MR) is 89.1 cm³/mol. The van der Waals surface area contributed by atoms with Gasteiger partial charge in [-0.15, -0.1) is 0 Å². The first-order valence-electron chi connectivity index (χ1n) is 7.27. The summed E-state index contributed by atoms with van der Waals surface area (Å²) in [6.45, 7) is 5.84. The van der Waals surface area contributed by atoms with Crippen molar-refractivity contribution in [3.8, 4) is 0 Å². The highest BCUT2D eigenvalue weighted by atomic mass is 32.2. The summed E-state index contributed by atoms with van der Waals surface area (Å²) in [5.41, 5.74) is 3.07. The SMILES string of the molecule is Cc1oc(C)c(C(=O)NCc2ccc(CS(C)(=O)=O)cc2)c1C. The Morgan fingerprint density at radius 3 is 2.09 bits per heavy atom. The molecular weight excluding hydrogens is 314 g/mol. The fraction of sp³-hybridized carbons (Fsp3) is 0.353. The van der Waals surface area contributed by atoms with E-state index in [1.165, 1.54) is 6.26 Å². The van der Waals surface area contributed by atoms with E-state index in [1.807, 2.05) is 26.0 Å². The minimum absolute atomic E-state index is 0.0202. The van der Waals surface area contributed by atoms with Crippen LogP contribution in [0.15, 0.2) is 28.7 Å². The molecule has 0 saturated heterocycles. The van der Waals surface area contributed by atoms with E-state index in [0.29, 0.717) is 17.9 Å². The van der Waals surface area contributed by atoms with Gasteiger partial charge in [-0.25, -0.2) is 8.42 Å². The summed E-state index contributed by atoms with van der Waals surface area (Å²) in [5, 5.41) is 2.86. The zero-order valence-electron chi connectivity index (χ0n) is 13.8. The van der Waals surface area contributed by atoms with Crippen LogP contribution in [0.5, 0.6) is 0 Å². The molecule has 0 aliphatic heterocycles. The van der Waals surface area contributed by atoms with Crippen molar-refractivity contribution in [1.29, 1.82) is 0 Å². The molecule has 23 heavy (non-hydrogen) atoms. The van der Waals surface area contributed by atoms with Crippen molar-refractivity contribution in [3.63, 3.8) is 0 Å². The van der Waals surface area contributed by atoms with E-state index in [2.05, 4.69) is 5.32 Å². The Balaban J connectivity index is 2.02. The summed E-state index contributed by atoms with van der Waals surface area (Å²) in [6, 6.07) is 7.17. The normalized spacial score (nSPS) is 11.5. The molecule has 1 N–H and O–H groups in total. The summed E-state index contributed by atoms with van der Waals surface area (Å²) in [5.74, 6) is 1.21. The molecule has 1 aromatic heterocycles. The van der Waals surface area contributed by atoms with E-state index in [4.69, 9.17) is 4.42 Å². The quantitative estimate of drug-likeness (QED) is 0.911. The van der Waals surface area contributed by atoms with Gasteiger partial charge in [-0.2, -0.15) is 0 Å². The lowest BCUT2D eigenvalue weighted by molar-refractivity contribution is 0.0949. The van der Waals surface area contributed by atoms with Gasteiger partial charge >= 0.3 is 0 Å². The number of rotatable bonds is 5. The van der Waals surface area contributed by atoms with Crippen LogP contribution in [-0.4, -0.2) is 20.6 Å². The molecule has 0 atom stereocenters. The van der Waals surface area contributed by atoms with E-state index >= 15 is 0 Å². The number of furan rings is 1. The Morgan fingerprint density at radius 1 is 1.04 bits per heavy atom. The molecule has 0 unspecified atom stereocenters. The van der Waals surface area contributed by atoms with Gasteiger partial charge in [-0.05, 0) is 31.9 Å². The van der Waals surface area contributed by atoms with Crippen molar-refractivity contribution in [2.45, 2.75) is 33.1 Å². The van der Waals surface area contributed by atoms with Gasteiger partial charge < -0.3 is 9.73 Å². The van der Waals surface area contributed by atoms with Crippen LogP contribution in [0.2, 0.25) is 0 Å². The van der Waals surface area contributed by atoms with Crippen LogP contribution >= 0.6 is 0 Å². The van der Waals surface area contributed by atoms with Crippen LogP contribution in [0.25, 0.3) is 0 Å². The van der Waals surface area contributed by atoms with Crippen molar-refractivity contribution in [3.05, 3.63) is 58.0 Å². The lowest BCUT2D eigenvalue weighted by Crippen LogP contribution is -2.23. The number of aryl methyl sites for hydroxylation is 2. The molecule has 2 rings (SSSR count). The van der Waals surface area contributed by atoms with Crippen LogP contribution in [-0.2, 0) is 22.1 Å². The topological polar surface area (TPSA) is 76.4 Å². The second kappa shape index (κ2) is 6.58. The van der Waals surface area contributed by atoms with Gasteiger partial charge in [0.15, 0.2) is 9.84 Å². The maximum atomic E-state index is 12.3. The van der Waals surface area contributed by atoms with Crippen LogP contribution in [0.3, 0.4) is 0 Å². The summed E-state index contributed by atoms with van der Waals surface area (Å²) in [7, 11) is -3.04. The highest BCUT2D eigenvalue weighted by Crippen LogP contribution is 2.20. The summed E-state index contributed by atoms with van der Waals surface area (Å²) < 4.78 is 28.0. The monoisotopic (exact) mass is 335 g/mol. The minimum Gasteiger partial charge on any atom is -0.466 e. The fourth-order valence-corrected chi connectivity index (χ4v) is 3.25. The number of carbonyl (C=O) groups excluding carboxylic acids is 1. The Bertz CT molecular complexity index is 817. The first-order valence-corrected chi connectivity index (χ1v) is 9.34. The van der Waals surface area contributed by atoms with Crippen molar-refractivity contribution < 1.29 is 17.6 Å². The molecule has 1 heterocycles. The van der Waals surface area contributed by atoms with Gasteiger partial charge in [-0.3, -0.25) is 4.79 Å². The first-order chi connectivity index (χ1) is 10.7. The molecule has 124 valence electrons. The maximum Gasteiger partial charge on any atom is 0.255 e. The Kier molecular flexibility index (Phi) is 4.94. The number of hydrogen-bond acceptors (Lipinski definition) is 4. The third-order valence-electron chi connectivity index (χ3n) is 3.69. The minimum atomic E-state index is -3.04. The van der Waals surface area contributed by atoms with E-state index < -0.39 is 9.84 Å². The molecule has 1 aromatic carbocycles. The highest BCUT2D eigenvalue weighted by Gasteiger charge is 2.18. The van der Waals surface area contributed by atoms with E-state index in [-0.39, 0.29) is 11.7 Å². The smallest absolute Gasteiger partial charge is 0.255 e. The Morgan fingerprint density at radius 2 is 1.61 bits per heavy atom. The summed E-state index contributed by atoms with van der Waals surface area (Å²) >= 11 is 0. The standard InChI is InChI=1S/C17H21NO4S/c1-11-12(2)22-13(3)16(11)17(19)18-9-14-5-7-15(8-6-14)10-23(4,20)21/h5-8H,9-10H2,1-4H3,(H,18,19). The lowest BCUT2D eigenvalue weighted by Gasteiger charge is -2.07. The maximum absolute atomic E-state index is 12.3. The van der Waals surface area contributed by atoms with Crippen molar-refractivity contribution >= 4 is 15.7 Å². The van der Waals surface area contributed by atoms with Crippen molar-refractivity contribution in [2.24, 2.45) is 0 Å². The molecule has 0 saturated carbocycles. The number of carbonyl (C=O) groups is 1. The largest absolute Gasteiger partial charge is 0.466 e. The molecule has 0 aliphatic rings. The van der Waals surface area contributed by atoms with E-state index in [9.17, 15) is 13.2 Å². The Labute approximate surface area is 136 Å². The highest BCUT2D eigenvalue weighted by molar-refractivity contribution is 7.89. The fourth-order valence-electron chi connectivity index (χ4n) is 2.45. The molecule has 6 heteroatoms. The van der Waals surface area contributed by atoms with Crippen molar-refractivity contribution in [2.75, 3.05) is 6.26 Å². The molecular formula is C17H21NO4S. The van der Waals surface area contributed by atoms with Crippen LogP contribution in [0.1, 0.15) is 38.6 Å². The average molecular weight is 335 g/mol. The van der Waals surface area contributed by atoms with Crippen molar-refractivity contribution in [1.82, 2.24) is 5.32 Å². The van der Waals surface area contributed by atoms with Gasteiger partial charge in [0.2, 0.25) is 0 Å². The Hall–Kier alpha value is -2.08. The average Bonchev–Trinajstić information content (AvgIpc) is 2.69. The number of sulfone groups is 1. The molecule has 0 radical (unpaired) electrons. The van der Waals surface area contributed by atoms with E-state index in [1.54, 1.807) is 19.1 Å². The van der Waals surface area contributed by atoms with Gasteiger partial charge in [0, 0.05) is 18.4 Å². The molecule has 0 bridgehead atoms. The zero-order chi connectivity index (χ0) is 17.2. The molecule has 0 spiro atoms. The predicted octanol–water partition coefficient (Wildman–Crippen LogP) is 2.68. The molecule has 5 nitrogen and oxygen atoms in total. The van der Waals surface area contributed by atoms with Crippen LogP contribution < -0.4 is 5.32 Å². The second-order valence-electron chi connectivity index (χ2n) is 5.78. The number of amides is 1. The first kappa shape index (κ1) is 17.3. The van der Waals surface area contributed by atoms with E-state index in [0.717, 1.165) is 22.5 Å². The lowest BCUT2D eigenvalue weighted by atomic mass is 10.1. The number of hydrogen-bond donors (Lipinski definition) is 1. The van der Waals surface area contributed by atoms with Gasteiger partial charge in [0.1, 0.15) is 11.5 Å².